The summed E-state index contributed by atoms with van der Waals surface area (Å²) < 4.78 is 19.3. The van der Waals surface area contributed by atoms with Crippen molar-refractivity contribution >= 4 is 11.1 Å². The van der Waals surface area contributed by atoms with E-state index < -0.39 is 11.1 Å². The smallest absolute Gasteiger partial charge is 0.154 e. The predicted molar refractivity (Wildman–Crippen MR) is 58.8 cm³/mol. The van der Waals surface area contributed by atoms with Crippen LogP contribution in [0.2, 0.25) is 0 Å². The van der Waals surface area contributed by atoms with Crippen LogP contribution < -0.4 is 5.32 Å². The van der Waals surface area contributed by atoms with E-state index in [1.807, 2.05) is 7.05 Å². The zero-order chi connectivity index (χ0) is 10.4. The molecule has 0 aromatic carbocycles. The van der Waals surface area contributed by atoms with E-state index in [0.29, 0.717) is 11.8 Å². The number of hydrogen-bond donors (Lipinski definition) is 2. The van der Waals surface area contributed by atoms with Crippen LogP contribution in [-0.4, -0.2) is 52.1 Å². The fourth-order valence-electron chi connectivity index (χ4n) is 1.87. The Kier molecular flexibility index (Phi) is 5.62. The van der Waals surface area contributed by atoms with Gasteiger partial charge in [0.05, 0.1) is 5.75 Å². The Hall–Kier alpha value is 0.0300. The molecule has 0 saturated carbocycles. The van der Waals surface area contributed by atoms with Gasteiger partial charge in [0.15, 0.2) is 11.1 Å². The minimum atomic E-state index is -1.65. The van der Waals surface area contributed by atoms with Crippen molar-refractivity contribution in [2.45, 2.75) is 25.3 Å². The monoisotopic (exact) mass is 220 g/mol. The lowest BCUT2D eigenvalue weighted by Crippen LogP contribution is -2.39. The molecule has 4 nitrogen and oxygen atoms in total. The molecule has 1 rings (SSSR count). The highest BCUT2D eigenvalue weighted by Crippen LogP contribution is 2.09. The van der Waals surface area contributed by atoms with Crippen LogP contribution in [0.1, 0.15) is 19.3 Å². The molecule has 0 aliphatic carbocycles. The van der Waals surface area contributed by atoms with Gasteiger partial charge in [0.1, 0.15) is 0 Å². The molecule has 0 aromatic rings. The Labute approximate surface area is 88.3 Å². The molecular weight excluding hydrogens is 200 g/mol. The summed E-state index contributed by atoms with van der Waals surface area (Å²) >= 11 is -1.65. The number of likely N-dealkylation sites (tertiary alicyclic amines) is 1. The maximum atomic E-state index is 10.5. The number of nitrogens with zero attached hydrogens (tertiary/aromatic N) is 1. The second kappa shape index (κ2) is 6.50. The normalized spacial score (nSPS) is 27.1. The molecule has 0 spiro atoms. The van der Waals surface area contributed by atoms with Crippen LogP contribution in [0.25, 0.3) is 0 Å². The standard InChI is InChI=1S/C9H20N2O2S/c1-10-9-4-2-3-5-11(8-9)6-7-14(12)13/h9-10H,2-8H2,1H3,(H,12,13). The molecule has 0 amide bonds. The van der Waals surface area contributed by atoms with Crippen LogP contribution in [0.5, 0.6) is 0 Å². The summed E-state index contributed by atoms with van der Waals surface area (Å²) in [4.78, 5) is 2.28. The van der Waals surface area contributed by atoms with Gasteiger partial charge in [0.2, 0.25) is 0 Å². The molecule has 84 valence electrons. The van der Waals surface area contributed by atoms with E-state index in [0.717, 1.165) is 19.6 Å². The van der Waals surface area contributed by atoms with Crippen LogP contribution in [0, 0.1) is 0 Å². The lowest BCUT2D eigenvalue weighted by atomic mass is 10.1. The van der Waals surface area contributed by atoms with E-state index in [2.05, 4.69) is 10.2 Å². The SMILES string of the molecule is CNC1CCCCN(CCS(=O)O)C1. The molecule has 5 heteroatoms. The van der Waals surface area contributed by atoms with Gasteiger partial charge < -0.3 is 14.8 Å². The zero-order valence-corrected chi connectivity index (χ0v) is 9.55. The molecule has 2 atom stereocenters. The van der Waals surface area contributed by atoms with Crippen molar-refractivity contribution in [1.82, 2.24) is 10.2 Å². The molecule has 14 heavy (non-hydrogen) atoms. The molecule has 1 aliphatic heterocycles. The largest absolute Gasteiger partial charge is 0.316 e. The molecule has 2 unspecified atom stereocenters. The van der Waals surface area contributed by atoms with Gasteiger partial charge in [-0.25, -0.2) is 4.21 Å². The summed E-state index contributed by atoms with van der Waals surface area (Å²) in [5.74, 6) is 0.371. The third-order valence-corrected chi connectivity index (χ3v) is 3.28. The van der Waals surface area contributed by atoms with E-state index in [9.17, 15) is 4.21 Å². The molecular formula is C9H20N2O2S. The average Bonchev–Trinajstić information content (AvgIpc) is 2.39. The molecule has 0 radical (unpaired) electrons. The molecule has 0 aromatic heterocycles. The van der Waals surface area contributed by atoms with Gasteiger partial charge in [-0.05, 0) is 26.4 Å². The Bertz CT molecular complexity index is 190. The summed E-state index contributed by atoms with van der Waals surface area (Å²) in [6, 6.07) is 0.546. The number of nitrogens with one attached hydrogen (secondary N) is 1. The van der Waals surface area contributed by atoms with E-state index in [1.165, 1.54) is 19.3 Å². The zero-order valence-electron chi connectivity index (χ0n) is 8.74. The van der Waals surface area contributed by atoms with Crippen molar-refractivity contribution in [1.29, 1.82) is 0 Å². The molecule has 0 bridgehead atoms. The summed E-state index contributed by atoms with van der Waals surface area (Å²) in [6.07, 6.45) is 3.68. The minimum absolute atomic E-state index is 0.371. The summed E-state index contributed by atoms with van der Waals surface area (Å²) in [7, 11) is 1.98. The van der Waals surface area contributed by atoms with Crippen molar-refractivity contribution in [2.75, 3.05) is 32.4 Å². The maximum Gasteiger partial charge on any atom is 0.154 e. The van der Waals surface area contributed by atoms with Gasteiger partial charge in [-0.15, -0.1) is 0 Å². The quantitative estimate of drug-likeness (QED) is 0.668. The lowest BCUT2D eigenvalue weighted by molar-refractivity contribution is 0.276. The van der Waals surface area contributed by atoms with Gasteiger partial charge in [0.25, 0.3) is 0 Å². The third kappa shape index (κ3) is 4.50. The minimum Gasteiger partial charge on any atom is -0.316 e. The highest BCUT2D eigenvalue weighted by Gasteiger charge is 2.16. The van der Waals surface area contributed by atoms with Gasteiger partial charge in [-0.2, -0.15) is 0 Å². The van der Waals surface area contributed by atoms with Crippen LogP contribution in [0.15, 0.2) is 0 Å². The fraction of sp³-hybridized carbons (Fsp3) is 1.00. The van der Waals surface area contributed by atoms with Crippen molar-refractivity contribution in [2.24, 2.45) is 0 Å². The lowest BCUT2D eigenvalue weighted by Gasteiger charge is -2.23. The predicted octanol–water partition coefficient (Wildman–Crippen LogP) is 0.282. The molecule has 1 aliphatic rings. The van der Waals surface area contributed by atoms with E-state index in [1.54, 1.807) is 0 Å². The van der Waals surface area contributed by atoms with Crippen molar-refractivity contribution in [3.8, 4) is 0 Å². The van der Waals surface area contributed by atoms with Crippen LogP contribution >= 0.6 is 0 Å². The third-order valence-electron chi connectivity index (χ3n) is 2.75. The average molecular weight is 220 g/mol. The molecule has 1 fully saturated rings. The number of rotatable bonds is 4. The van der Waals surface area contributed by atoms with E-state index in [4.69, 9.17) is 4.55 Å². The highest BCUT2D eigenvalue weighted by atomic mass is 32.2. The van der Waals surface area contributed by atoms with Crippen LogP contribution in [0.3, 0.4) is 0 Å². The second-order valence-corrected chi connectivity index (χ2v) is 4.86. The van der Waals surface area contributed by atoms with Gasteiger partial charge in [-0.3, -0.25) is 0 Å². The van der Waals surface area contributed by atoms with Crippen LogP contribution in [0.4, 0.5) is 0 Å². The van der Waals surface area contributed by atoms with Crippen molar-refractivity contribution < 1.29 is 8.76 Å². The molecule has 2 N–H and O–H groups in total. The topological polar surface area (TPSA) is 52.6 Å². The van der Waals surface area contributed by atoms with Gasteiger partial charge in [0, 0.05) is 19.1 Å². The Balaban J connectivity index is 2.31. The highest BCUT2D eigenvalue weighted by molar-refractivity contribution is 7.79. The summed E-state index contributed by atoms with van der Waals surface area (Å²) in [5.41, 5.74) is 0. The van der Waals surface area contributed by atoms with Gasteiger partial charge >= 0.3 is 0 Å². The second-order valence-electron chi connectivity index (χ2n) is 3.81. The Morgan fingerprint density at radius 1 is 1.57 bits per heavy atom. The summed E-state index contributed by atoms with van der Waals surface area (Å²) in [6.45, 7) is 2.81. The Morgan fingerprint density at radius 2 is 2.36 bits per heavy atom. The molecule has 1 saturated heterocycles. The summed E-state index contributed by atoms with van der Waals surface area (Å²) in [5, 5.41) is 3.28. The fourth-order valence-corrected chi connectivity index (χ4v) is 2.28. The van der Waals surface area contributed by atoms with E-state index in [-0.39, 0.29) is 0 Å². The van der Waals surface area contributed by atoms with E-state index >= 15 is 0 Å². The first-order valence-corrected chi connectivity index (χ1v) is 6.47. The van der Waals surface area contributed by atoms with Crippen molar-refractivity contribution in [3.05, 3.63) is 0 Å². The first kappa shape index (κ1) is 12.1. The molecule has 1 heterocycles. The van der Waals surface area contributed by atoms with Gasteiger partial charge in [-0.1, -0.05) is 6.42 Å². The Morgan fingerprint density at radius 3 is 3.00 bits per heavy atom. The maximum absolute atomic E-state index is 10.5. The first-order valence-electron chi connectivity index (χ1n) is 5.19. The van der Waals surface area contributed by atoms with Crippen molar-refractivity contribution in [3.63, 3.8) is 0 Å². The number of likely N-dealkylation sites (N-methyl/N-ethyl adjacent to an activating group) is 1. The first-order chi connectivity index (χ1) is 6.72. The van der Waals surface area contributed by atoms with Crippen LogP contribution in [-0.2, 0) is 11.1 Å². The number of hydrogen-bond acceptors (Lipinski definition) is 3.